The molecule has 0 radical (unpaired) electrons. The molecule has 8 nitrogen and oxygen atoms in total. The summed E-state index contributed by atoms with van der Waals surface area (Å²) in [7, 11) is 0. The highest BCUT2D eigenvalue weighted by molar-refractivity contribution is 6.30. The number of pyridine rings is 1. The zero-order valence-corrected chi connectivity index (χ0v) is 23.2. The molecule has 1 aromatic heterocycles. The number of hydrogen-bond donors (Lipinski definition) is 2. The average molecular weight is 507 g/mol. The van der Waals surface area contributed by atoms with Crippen molar-refractivity contribution in [2.75, 3.05) is 6.54 Å². The van der Waals surface area contributed by atoms with Crippen LogP contribution in [0, 0.1) is 0 Å². The van der Waals surface area contributed by atoms with Crippen molar-refractivity contribution in [2.45, 2.75) is 73.4 Å². The first kappa shape index (κ1) is 31.2. The fraction of sp³-hybridized carbons (Fsp3) is 0.414. The van der Waals surface area contributed by atoms with Crippen molar-refractivity contribution in [1.29, 1.82) is 0 Å². The maximum Gasteiger partial charge on any atom is 0.272 e. The topological polar surface area (TPSA) is 113 Å². The van der Waals surface area contributed by atoms with Crippen molar-refractivity contribution in [3.8, 4) is 11.1 Å². The van der Waals surface area contributed by atoms with Crippen LogP contribution in [0.5, 0.6) is 0 Å². The number of hydrogen-bond acceptors (Lipinski definition) is 6. The molecule has 3 N–H and O–H groups in total. The zero-order valence-electron chi connectivity index (χ0n) is 23.2. The summed E-state index contributed by atoms with van der Waals surface area (Å²) in [6.45, 7) is 14.4. The minimum Gasteiger partial charge on any atom is -0.352 e. The number of benzene rings is 1. The number of rotatable bonds is 7. The van der Waals surface area contributed by atoms with E-state index in [4.69, 9.17) is 5.84 Å². The number of nitrogens with two attached hydrogens (primary N) is 1. The van der Waals surface area contributed by atoms with Gasteiger partial charge in [-0.2, -0.15) is 5.10 Å². The van der Waals surface area contributed by atoms with E-state index in [2.05, 4.69) is 27.3 Å². The molecule has 1 saturated heterocycles. The Balaban J connectivity index is 0.000000347. The van der Waals surface area contributed by atoms with E-state index in [9.17, 15) is 9.59 Å². The van der Waals surface area contributed by atoms with Crippen molar-refractivity contribution < 1.29 is 9.59 Å². The van der Waals surface area contributed by atoms with Crippen molar-refractivity contribution in [3.05, 3.63) is 65.6 Å². The van der Waals surface area contributed by atoms with E-state index in [1.807, 2.05) is 75.9 Å². The van der Waals surface area contributed by atoms with Crippen molar-refractivity contribution in [2.24, 2.45) is 15.9 Å². The second kappa shape index (κ2) is 16.8. The van der Waals surface area contributed by atoms with Crippen LogP contribution in [0.4, 0.5) is 0 Å². The van der Waals surface area contributed by atoms with Gasteiger partial charge in [-0.25, -0.2) is 4.99 Å². The van der Waals surface area contributed by atoms with Gasteiger partial charge in [-0.3, -0.25) is 14.6 Å². The third-order valence-electron chi connectivity index (χ3n) is 5.82. The first-order valence-electron chi connectivity index (χ1n) is 12.8. The first-order chi connectivity index (χ1) is 17.8. The number of carbonyl (C=O) groups is 2. The number of aliphatic imine (C=N–C) groups is 1. The third-order valence-corrected chi connectivity index (χ3v) is 5.82. The zero-order chi connectivity index (χ0) is 27.8. The predicted molar refractivity (Wildman–Crippen MR) is 153 cm³/mol. The molecule has 1 aliphatic rings. The Morgan fingerprint density at radius 3 is 2.19 bits per heavy atom. The summed E-state index contributed by atoms with van der Waals surface area (Å²) < 4.78 is 0. The Hall–Kier alpha value is -3.81. The summed E-state index contributed by atoms with van der Waals surface area (Å²) in [6.07, 6.45) is 7.94. The number of carbonyl (C=O) groups excluding carboxylic acids is 2. The van der Waals surface area contributed by atoms with Gasteiger partial charge in [0.2, 0.25) is 6.41 Å². The normalized spacial score (nSPS) is 15.6. The lowest BCUT2D eigenvalue weighted by molar-refractivity contribution is -0.127. The SMILES string of the molecule is CC.CC(C)=C(N=C/C(C)=N\N)C(=O)N1CCCC1C.CC(NC=O)c1ccc(-c2ccncc2)cc1. The van der Waals surface area contributed by atoms with Gasteiger partial charge < -0.3 is 16.1 Å². The van der Waals surface area contributed by atoms with Crippen LogP contribution in [0.15, 0.2) is 70.2 Å². The van der Waals surface area contributed by atoms with E-state index in [1.165, 1.54) is 6.21 Å². The van der Waals surface area contributed by atoms with Gasteiger partial charge in [0.25, 0.3) is 5.91 Å². The Morgan fingerprint density at radius 1 is 1.11 bits per heavy atom. The Bertz CT molecular complexity index is 1060. The molecular formula is C29H42N6O2. The molecule has 2 heterocycles. The number of hydrazone groups is 1. The van der Waals surface area contributed by atoms with Gasteiger partial charge >= 0.3 is 0 Å². The number of nitrogens with zero attached hydrogens (tertiary/aromatic N) is 4. The van der Waals surface area contributed by atoms with E-state index in [0.29, 0.717) is 17.5 Å². The molecule has 0 saturated carbocycles. The minimum atomic E-state index is 0.000992. The molecule has 1 fully saturated rings. The molecule has 200 valence electrons. The molecule has 3 rings (SSSR count). The molecule has 2 unspecified atom stereocenters. The van der Waals surface area contributed by atoms with Crippen LogP contribution in [0.3, 0.4) is 0 Å². The van der Waals surface area contributed by atoms with Crippen LogP contribution >= 0.6 is 0 Å². The molecule has 37 heavy (non-hydrogen) atoms. The Labute approximate surface area is 221 Å². The van der Waals surface area contributed by atoms with Crippen molar-refractivity contribution >= 4 is 24.2 Å². The van der Waals surface area contributed by atoms with Crippen LogP contribution in [-0.4, -0.2) is 46.7 Å². The maximum absolute atomic E-state index is 12.4. The summed E-state index contributed by atoms with van der Waals surface area (Å²) in [4.78, 5) is 32.8. The smallest absolute Gasteiger partial charge is 0.272 e. The van der Waals surface area contributed by atoms with E-state index in [-0.39, 0.29) is 11.9 Å². The lowest BCUT2D eigenvalue weighted by Gasteiger charge is -2.22. The second-order valence-electron chi connectivity index (χ2n) is 8.73. The largest absolute Gasteiger partial charge is 0.352 e. The summed E-state index contributed by atoms with van der Waals surface area (Å²) in [6, 6.07) is 12.4. The Morgan fingerprint density at radius 2 is 1.70 bits per heavy atom. The Kier molecular flexibility index (Phi) is 14.2. The fourth-order valence-corrected chi connectivity index (χ4v) is 3.67. The van der Waals surface area contributed by atoms with E-state index < -0.39 is 0 Å². The van der Waals surface area contributed by atoms with Gasteiger partial charge in [0.05, 0.1) is 18.0 Å². The molecule has 8 heteroatoms. The number of allylic oxidation sites excluding steroid dienone is 1. The molecule has 2 atom stereocenters. The molecular weight excluding hydrogens is 464 g/mol. The van der Waals surface area contributed by atoms with E-state index >= 15 is 0 Å². The number of nitrogens with one attached hydrogen (secondary N) is 1. The molecule has 2 aromatic rings. The molecule has 0 bridgehead atoms. The number of likely N-dealkylation sites (tertiary alicyclic amines) is 1. The second-order valence-corrected chi connectivity index (χ2v) is 8.73. The van der Waals surface area contributed by atoms with E-state index in [1.54, 1.807) is 19.3 Å². The highest BCUT2D eigenvalue weighted by Crippen LogP contribution is 2.22. The van der Waals surface area contributed by atoms with Gasteiger partial charge in [0, 0.05) is 25.0 Å². The van der Waals surface area contributed by atoms with Crippen molar-refractivity contribution in [3.63, 3.8) is 0 Å². The molecule has 1 aromatic carbocycles. The summed E-state index contributed by atoms with van der Waals surface area (Å²) in [5.74, 6) is 5.14. The summed E-state index contributed by atoms with van der Waals surface area (Å²) >= 11 is 0. The predicted octanol–water partition coefficient (Wildman–Crippen LogP) is 5.28. The summed E-state index contributed by atoms with van der Waals surface area (Å²) in [5.41, 5.74) is 5.37. The van der Waals surface area contributed by atoms with Gasteiger partial charge in [0.1, 0.15) is 5.70 Å². The van der Waals surface area contributed by atoms with Crippen LogP contribution in [0.1, 0.15) is 72.9 Å². The van der Waals surface area contributed by atoms with Crippen molar-refractivity contribution in [1.82, 2.24) is 15.2 Å². The monoisotopic (exact) mass is 506 g/mol. The molecule has 1 aliphatic heterocycles. The lowest BCUT2D eigenvalue weighted by atomic mass is 10.0. The highest BCUT2D eigenvalue weighted by atomic mass is 16.2. The fourth-order valence-electron chi connectivity index (χ4n) is 3.67. The standard InChI is InChI=1S/C14H14N2O.C13H22N4O.C2H6/c1-11(16-10-17)12-2-4-13(5-3-12)14-6-8-15-9-7-14;1-9(2)12(15-8-10(3)16-14)13(18)17-7-5-6-11(17)4;1-2/h2-11H,1H3,(H,16,17);8,11H,5-7,14H2,1-4H3;1-2H3/b;15-8?,16-10-;. The summed E-state index contributed by atoms with van der Waals surface area (Å²) in [5, 5.41) is 6.24. The quantitative estimate of drug-likeness (QED) is 0.175. The van der Waals surface area contributed by atoms with Gasteiger partial charge in [-0.05, 0) is 81.9 Å². The molecule has 0 spiro atoms. The van der Waals surface area contributed by atoms with Crippen LogP contribution in [0.25, 0.3) is 11.1 Å². The number of aromatic nitrogens is 1. The number of amides is 2. The lowest BCUT2D eigenvalue weighted by Crippen LogP contribution is -2.34. The maximum atomic E-state index is 12.4. The van der Waals surface area contributed by atoms with Gasteiger partial charge in [-0.1, -0.05) is 38.1 Å². The first-order valence-corrected chi connectivity index (χ1v) is 12.8. The van der Waals surface area contributed by atoms with Crippen LogP contribution in [-0.2, 0) is 9.59 Å². The van der Waals surface area contributed by atoms with Gasteiger partial charge in [0.15, 0.2) is 0 Å². The van der Waals surface area contributed by atoms with Gasteiger partial charge in [-0.15, -0.1) is 0 Å². The molecule has 2 amide bonds. The third kappa shape index (κ3) is 9.99. The van der Waals surface area contributed by atoms with Crippen LogP contribution in [0.2, 0.25) is 0 Å². The highest BCUT2D eigenvalue weighted by Gasteiger charge is 2.27. The van der Waals surface area contributed by atoms with Crippen LogP contribution < -0.4 is 11.2 Å². The van der Waals surface area contributed by atoms with E-state index in [0.717, 1.165) is 48.1 Å². The minimum absolute atomic E-state index is 0.000992. The molecule has 0 aliphatic carbocycles. The average Bonchev–Trinajstić information content (AvgIpc) is 3.36.